The van der Waals surface area contributed by atoms with Crippen LogP contribution in [0.4, 0.5) is 0 Å². The van der Waals surface area contributed by atoms with E-state index in [1.807, 2.05) is 0 Å². The maximum atomic E-state index is 12.2. The maximum absolute atomic E-state index is 12.2. The van der Waals surface area contributed by atoms with Gasteiger partial charge in [0.1, 0.15) is 11.9 Å². The normalized spacial score (nSPS) is 13.0. The second-order valence-electron chi connectivity index (χ2n) is 9.46. The number of ketones is 2. The number of Topliss-reactive ketones (excluding diaryl/α,β-unsaturated/α-hetero) is 2. The highest BCUT2D eigenvalue weighted by molar-refractivity contribution is 5.93. The summed E-state index contributed by atoms with van der Waals surface area (Å²) in [4.78, 5) is 59.5. The number of carbonyl (C=O) groups excluding carboxylic acids is 5. The molecule has 0 N–H and O–H groups in total. The Bertz CT molecular complexity index is 774. The van der Waals surface area contributed by atoms with Crippen LogP contribution in [0.5, 0.6) is 0 Å². The first-order valence-electron chi connectivity index (χ1n) is 14.2. The molecule has 9 nitrogen and oxygen atoms in total. The van der Waals surface area contributed by atoms with Crippen molar-refractivity contribution < 1.29 is 42.9 Å². The molecule has 0 aliphatic heterocycles. The van der Waals surface area contributed by atoms with Gasteiger partial charge in [-0.3, -0.25) is 14.4 Å². The first-order valence-corrected chi connectivity index (χ1v) is 14.2. The molecule has 3 unspecified atom stereocenters. The van der Waals surface area contributed by atoms with E-state index in [0.717, 1.165) is 31.4 Å². The van der Waals surface area contributed by atoms with Crippen LogP contribution < -0.4 is 0 Å². The van der Waals surface area contributed by atoms with E-state index in [0.29, 0.717) is 6.42 Å². The van der Waals surface area contributed by atoms with Crippen molar-refractivity contribution in [3.63, 3.8) is 0 Å². The molecular formula is C30H48O9. The van der Waals surface area contributed by atoms with Crippen LogP contribution in [0.15, 0.2) is 25.3 Å². The van der Waals surface area contributed by atoms with Gasteiger partial charge in [-0.25, -0.2) is 9.59 Å². The lowest BCUT2D eigenvalue weighted by Crippen LogP contribution is -2.29. The summed E-state index contributed by atoms with van der Waals surface area (Å²) in [6, 6.07) is 0. The Morgan fingerprint density at radius 3 is 1.87 bits per heavy atom. The van der Waals surface area contributed by atoms with E-state index in [4.69, 9.17) is 18.9 Å². The van der Waals surface area contributed by atoms with Gasteiger partial charge in [0.05, 0.1) is 19.4 Å². The lowest BCUT2D eigenvalue weighted by molar-refractivity contribution is -0.183. The molecule has 9 heteroatoms. The topological polar surface area (TPSA) is 122 Å². The fourth-order valence-electron chi connectivity index (χ4n) is 3.78. The quantitative estimate of drug-likeness (QED) is 0.0459. The summed E-state index contributed by atoms with van der Waals surface area (Å²) in [6.45, 7) is 12.1. The fraction of sp³-hybridized carbons (Fsp3) is 0.700. The van der Waals surface area contributed by atoms with E-state index in [2.05, 4.69) is 20.1 Å². The Hall–Kier alpha value is -2.81. The first-order chi connectivity index (χ1) is 18.7. The first kappa shape index (κ1) is 36.2. The molecule has 0 fully saturated rings. The SMILES string of the molecule is C=CC(=O)OC(CCCCCCCCCCC)COC(C)OC(=O)CCC(=O)CC(OC(=O)C=C)C(=O)CC. The number of unbranched alkanes of at least 4 members (excludes halogenated alkanes) is 8. The molecule has 39 heavy (non-hydrogen) atoms. The molecule has 0 spiro atoms. The van der Waals surface area contributed by atoms with Gasteiger partial charge in [0.2, 0.25) is 0 Å². The van der Waals surface area contributed by atoms with Gasteiger partial charge in [0, 0.05) is 25.0 Å². The maximum Gasteiger partial charge on any atom is 0.330 e. The largest absolute Gasteiger partial charge is 0.457 e. The molecule has 0 aromatic carbocycles. The highest BCUT2D eigenvalue weighted by Gasteiger charge is 2.24. The second-order valence-corrected chi connectivity index (χ2v) is 9.46. The summed E-state index contributed by atoms with van der Waals surface area (Å²) in [5.41, 5.74) is 0. The van der Waals surface area contributed by atoms with Crippen LogP contribution in [0.2, 0.25) is 0 Å². The van der Waals surface area contributed by atoms with Crippen LogP contribution >= 0.6 is 0 Å². The van der Waals surface area contributed by atoms with Crippen molar-refractivity contribution in [3.8, 4) is 0 Å². The van der Waals surface area contributed by atoms with Crippen LogP contribution in [-0.2, 0) is 42.9 Å². The van der Waals surface area contributed by atoms with E-state index in [9.17, 15) is 24.0 Å². The number of hydrogen-bond acceptors (Lipinski definition) is 9. The Morgan fingerprint density at radius 2 is 1.31 bits per heavy atom. The van der Waals surface area contributed by atoms with Gasteiger partial charge < -0.3 is 18.9 Å². The predicted octanol–water partition coefficient (Wildman–Crippen LogP) is 5.73. The molecule has 0 rings (SSSR count). The molecule has 0 bridgehead atoms. The van der Waals surface area contributed by atoms with Crippen molar-refractivity contribution in [2.24, 2.45) is 0 Å². The minimum absolute atomic E-state index is 0.0550. The van der Waals surface area contributed by atoms with Crippen molar-refractivity contribution in [2.45, 2.75) is 129 Å². The molecule has 0 amide bonds. The molecule has 3 atom stereocenters. The van der Waals surface area contributed by atoms with Crippen molar-refractivity contribution >= 4 is 29.5 Å². The minimum atomic E-state index is -1.20. The third kappa shape index (κ3) is 19.9. The van der Waals surface area contributed by atoms with Crippen LogP contribution in [-0.4, -0.2) is 54.6 Å². The van der Waals surface area contributed by atoms with E-state index in [1.165, 1.54) is 45.4 Å². The van der Waals surface area contributed by atoms with Crippen molar-refractivity contribution in [1.29, 1.82) is 0 Å². The average molecular weight is 553 g/mol. The molecule has 0 aromatic heterocycles. The number of rotatable bonds is 25. The van der Waals surface area contributed by atoms with E-state index >= 15 is 0 Å². The van der Waals surface area contributed by atoms with Crippen LogP contribution in [0, 0.1) is 0 Å². The third-order valence-corrected chi connectivity index (χ3v) is 6.05. The van der Waals surface area contributed by atoms with Gasteiger partial charge in [0.15, 0.2) is 18.2 Å². The van der Waals surface area contributed by atoms with Crippen LogP contribution in [0.3, 0.4) is 0 Å². The van der Waals surface area contributed by atoms with Crippen LogP contribution in [0.25, 0.3) is 0 Å². The summed E-state index contributed by atoms with van der Waals surface area (Å²) in [6.07, 6.45) is 10.00. The van der Waals surface area contributed by atoms with Gasteiger partial charge in [-0.15, -0.1) is 0 Å². The Kier molecular flexibility index (Phi) is 21.4. The molecule has 0 aliphatic carbocycles. The molecule has 0 aromatic rings. The van der Waals surface area contributed by atoms with E-state index in [-0.39, 0.29) is 32.3 Å². The summed E-state index contributed by atoms with van der Waals surface area (Å²) in [7, 11) is 0. The number of hydrogen-bond donors (Lipinski definition) is 0. The van der Waals surface area contributed by atoms with Crippen molar-refractivity contribution in [2.75, 3.05) is 6.61 Å². The summed E-state index contributed by atoms with van der Waals surface area (Å²) in [5.74, 6) is -2.80. The standard InChI is InChI=1S/C30H48O9/c1-6-10-11-12-13-14-15-16-17-18-25(38-28(33)8-3)22-36-23(5)37-30(35)20-19-24(31)21-27(26(32)7-2)39-29(34)9-4/h8-9,23,25,27H,3-4,6-7,10-22H2,1-2,5H3. The van der Waals surface area contributed by atoms with Gasteiger partial charge in [-0.2, -0.15) is 0 Å². The van der Waals surface area contributed by atoms with Gasteiger partial charge >= 0.3 is 17.9 Å². The molecule has 0 aliphatic rings. The smallest absolute Gasteiger partial charge is 0.330 e. The molecule has 0 saturated carbocycles. The molecule has 0 heterocycles. The lowest BCUT2D eigenvalue weighted by atomic mass is 10.0. The van der Waals surface area contributed by atoms with Gasteiger partial charge in [-0.05, 0) is 19.8 Å². The Labute approximate surface area is 233 Å². The zero-order valence-corrected chi connectivity index (χ0v) is 24.1. The Morgan fingerprint density at radius 1 is 0.744 bits per heavy atom. The molecular weight excluding hydrogens is 504 g/mol. The van der Waals surface area contributed by atoms with Crippen molar-refractivity contribution in [1.82, 2.24) is 0 Å². The molecule has 222 valence electrons. The highest BCUT2D eigenvalue weighted by Crippen LogP contribution is 2.14. The number of ether oxygens (including phenoxy) is 4. The highest BCUT2D eigenvalue weighted by atomic mass is 16.7. The molecule has 0 saturated heterocycles. The monoisotopic (exact) mass is 552 g/mol. The van der Waals surface area contributed by atoms with E-state index in [1.54, 1.807) is 6.92 Å². The van der Waals surface area contributed by atoms with Crippen LogP contribution in [0.1, 0.15) is 111 Å². The average Bonchev–Trinajstić information content (AvgIpc) is 2.92. The van der Waals surface area contributed by atoms with E-state index < -0.39 is 48.0 Å². The zero-order valence-electron chi connectivity index (χ0n) is 24.1. The summed E-state index contributed by atoms with van der Waals surface area (Å²) in [5, 5.41) is 0. The minimum Gasteiger partial charge on any atom is -0.457 e. The predicted molar refractivity (Wildman–Crippen MR) is 148 cm³/mol. The van der Waals surface area contributed by atoms with Gasteiger partial charge in [-0.1, -0.05) is 78.4 Å². The zero-order chi connectivity index (χ0) is 29.5. The van der Waals surface area contributed by atoms with Crippen molar-refractivity contribution in [3.05, 3.63) is 25.3 Å². The van der Waals surface area contributed by atoms with Gasteiger partial charge in [0.25, 0.3) is 0 Å². The fourth-order valence-corrected chi connectivity index (χ4v) is 3.78. The number of esters is 3. The summed E-state index contributed by atoms with van der Waals surface area (Å²) >= 11 is 0. The number of carbonyl (C=O) groups is 5. The second kappa shape index (κ2) is 23.1. The summed E-state index contributed by atoms with van der Waals surface area (Å²) < 4.78 is 21.1. The third-order valence-electron chi connectivity index (χ3n) is 6.05. The Balaban J connectivity index is 4.44. The molecule has 0 radical (unpaired) electrons. The lowest BCUT2D eigenvalue weighted by Gasteiger charge is -2.20.